The third kappa shape index (κ3) is 5.85. The quantitative estimate of drug-likeness (QED) is 0.279. The maximum Gasteiger partial charge on any atom is 0.316 e. The van der Waals surface area contributed by atoms with E-state index in [1.165, 1.54) is 11.8 Å². The number of carbonyl (C=O) groups excluding carboxylic acids is 3. The van der Waals surface area contributed by atoms with Crippen LogP contribution in [0.1, 0.15) is 87.5 Å². The van der Waals surface area contributed by atoms with Crippen LogP contribution in [0.25, 0.3) is 0 Å². The Hall–Kier alpha value is -1.38. The van der Waals surface area contributed by atoms with Crippen LogP contribution in [0.5, 0.6) is 0 Å². The van der Waals surface area contributed by atoms with Crippen molar-refractivity contribution < 1.29 is 24.2 Å². The number of amides is 1. The van der Waals surface area contributed by atoms with E-state index in [1.807, 2.05) is 40.7 Å². The van der Waals surface area contributed by atoms with E-state index in [9.17, 15) is 19.5 Å². The summed E-state index contributed by atoms with van der Waals surface area (Å²) in [6, 6.07) is -0.573. The summed E-state index contributed by atoms with van der Waals surface area (Å²) >= 11 is 1.43. The predicted molar refractivity (Wildman–Crippen MR) is 157 cm³/mol. The van der Waals surface area contributed by atoms with Gasteiger partial charge in [-0.05, 0) is 62.7 Å². The second-order valence-electron chi connectivity index (χ2n) is 14.1. The molecule has 0 aromatic heterocycles. The van der Waals surface area contributed by atoms with E-state index in [0.29, 0.717) is 19.4 Å². The maximum absolute atomic E-state index is 13.5. The van der Waals surface area contributed by atoms with Gasteiger partial charge in [-0.15, -0.1) is 18.3 Å². The minimum Gasteiger partial charge on any atom is -0.461 e. The first-order valence-electron chi connectivity index (χ1n) is 14.7. The van der Waals surface area contributed by atoms with Crippen molar-refractivity contribution in [2.24, 2.45) is 45.7 Å². The molecule has 3 fully saturated rings. The van der Waals surface area contributed by atoms with E-state index in [1.54, 1.807) is 0 Å². The number of ether oxygens (including phenoxy) is 1. The Morgan fingerprint density at radius 2 is 1.92 bits per heavy atom. The highest BCUT2D eigenvalue weighted by molar-refractivity contribution is 8.01. The predicted octanol–water partition coefficient (Wildman–Crippen LogP) is 4.50. The van der Waals surface area contributed by atoms with Crippen molar-refractivity contribution >= 4 is 29.4 Å². The molecule has 0 radical (unpaired) electrons. The molecular formula is C31H52N2O5S. The van der Waals surface area contributed by atoms with Crippen molar-refractivity contribution in [2.45, 2.75) is 110 Å². The smallest absolute Gasteiger partial charge is 0.316 e. The summed E-state index contributed by atoms with van der Waals surface area (Å²) < 4.78 is 5.92. The molecule has 222 valence electrons. The Bertz CT molecular complexity index is 969. The van der Waals surface area contributed by atoms with E-state index in [-0.39, 0.29) is 52.5 Å². The van der Waals surface area contributed by atoms with E-state index < -0.39 is 33.8 Å². The van der Waals surface area contributed by atoms with Crippen LogP contribution in [-0.4, -0.2) is 58.1 Å². The van der Waals surface area contributed by atoms with Crippen LogP contribution in [0.2, 0.25) is 0 Å². The normalized spacial score (nSPS) is 39.4. The number of aliphatic hydroxyl groups is 1. The molecule has 1 amide bonds. The monoisotopic (exact) mass is 564 g/mol. The summed E-state index contributed by atoms with van der Waals surface area (Å²) in [6.45, 7) is 20.7. The minimum atomic E-state index is -0.684. The number of rotatable bonds is 9. The Morgan fingerprint density at radius 1 is 1.28 bits per heavy atom. The van der Waals surface area contributed by atoms with Gasteiger partial charge in [0.05, 0.1) is 17.9 Å². The third-order valence-electron chi connectivity index (χ3n) is 10.9. The molecule has 8 heteroatoms. The maximum atomic E-state index is 13.5. The van der Waals surface area contributed by atoms with Crippen LogP contribution in [-0.2, 0) is 19.1 Å². The SMILES string of the molecule is C=C[C@]1(C)CC(OC(=O)CSC(C)(C)CNC(=O)C(N)C(C)C)[C@@]2(C)C(C)CCC3(CCC(=O)C32)C(C)C1O. The largest absolute Gasteiger partial charge is 0.461 e. The van der Waals surface area contributed by atoms with Crippen LogP contribution >= 0.6 is 11.8 Å². The van der Waals surface area contributed by atoms with Crippen molar-refractivity contribution in [2.75, 3.05) is 12.3 Å². The lowest BCUT2D eigenvalue weighted by Crippen LogP contribution is -2.63. The molecule has 0 aromatic rings. The van der Waals surface area contributed by atoms with Crippen molar-refractivity contribution in [1.82, 2.24) is 5.32 Å². The van der Waals surface area contributed by atoms with E-state index in [4.69, 9.17) is 10.5 Å². The molecule has 9 atom stereocenters. The Labute approximate surface area is 239 Å². The van der Waals surface area contributed by atoms with Gasteiger partial charge >= 0.3 is 5.97 Å². The molecule has 3 aliphatic carbocycles. The van der Waals surface area contributed by atoms with E-state index in [2.05, 4.69) is 32.7 Å². The van der Waals surface area contributed by atoms with Crippen LogP contribution in [0.15, 0.2) is 12.7 Å². The van der Waals surface area contributed by atoms with Gasteiger partial charge in [0.2, 0.25) is 5.91 Å². The van der Waals surface area contributed by atoms with Crippen molar-refractivity contribution in [3.63, 3.8) is 0 Å². The molecule has 7 nitrogen and oxygen atoms in total. The number of Topliss-reactive ketones (excluding diaryl/α,β-unsaturated/α-hetero) is 1. The molecule has 0 aliphatic heterocycles. The standard InChI is InChI=1S/C31H52N2O5S/c1-10-29(8)15-22(38-23(35)16-39-28(6,7)17-33-27(37)24(32)18(2)3)30(9)19(4)11-13-31(20(5)26(29)36)14-12-21(34)25(30)31/h10,18-20,22,24-26,36H,1,11-17,32H2,2-9H3,(H,33,37)/t19?,20?,22?,24?,25?,26?,29-,30-,31?/m1/s1. The zero-order chi connectivity index (χ0) is 29.6. The van der Waals surface area contributed by atoms with E-state index in [0.717, 1.165) is 19.3 Å². The molecule has 0 aromatic carbocycles. The molecule has 3 aliphatic rings. The summed E-state index contributed by atoms with van der Waals surface area (Å²) in [5.41, 5.74) is 4.49. The number of esters is 1. The number of nitrogens with two attached hydrogens (primary N) is 1. The number of carbonyl (C=O) groups is 3. The fourth-order valence-corrected chi connectivity index (χ4v) is 8.47. The van der Waals surface area contributed by atoms with Crippen LogP contribution < -0.4 is 11.1 Å². The van der Waals surface area contributed by atoms with Crippen LogP contribution in [0, 0.1) is 39.9 Å². The number of hydrogen-bond donors (Lipinski definition) is 3. The number of aliphatic hydroxyl groups excluding tert-OH is 1. The highest BCUT2D eigenvalue weighted by atomic mass is 32.2. The Balaban J connectivity index is 1.82. The average Bonchev–Trinajstić information content (AvgIpc) is 3.24. The molecule has 7 unspecified atom stereocenters. The second kappa shape index (κ2) is 11.5. The summed E-state index contributed by atoms with van der Waals surface area (Å²) in [5, 5.41) is 14.6. The van der Waals surface area contributed by atoms with Gasteiger partial charge in [-0.1, -0.05) is 47.6 Å². The third-order valence-corrected chi connectivity index (χ3v) is 12.2. The van der Waals surface area contributed by atoms with Crippen LogP contribution in [0.3, 0.4) is 0 Å². The first-order chi connectivity index (χ1) is 17.9. The molecule has 39 heavy (non-hydrogen) atoms. The van der Waals surface area contributed by atoms with Gasteiger partial charge in [-0.25, -0.2) is 0 Å². The second-order valence-corrected chi connectivity index (χ2v) is 15.8. The first-order valence-corrected chi connectivity index (χ1v) is 15.6. The molecule has 0 heterocycles. The summed E-state index contributed by atoms with van der Waals surface area (Å²) in [6.07, 6.45) is 4.17. The summed E-state index contributed by atoms with van der Waals surface area (Å²) in [5.74, 6) is -0.243. The van der Waals surface area contributed by atoms with Gasteiger partial charge in [0.25, 0.3) is 0 Å². The Kier molecular flexibility index (Phi) is 9.46. The molecule has 4 N–H and O–H groups in total. The van der Waals surface area contributed by atoms with Gasteiger partial charge in [0, 0.05) is 34.5 Å². The lowest BCUT2D eigenvalue weighted by atomic mass is 9.44. The van der Waals surface area contributed by atoms with Crippen LogP contribution in [0.4, 0.5) is 0 Å². The lowest BCUT2D eigenvalue weighted by molar-refractivity contribution is -0.205. The van der Waals surface area contributed by atoms with Crippen molar-refractivity contribution in [3.8, 4) is 0 Å². The highest BCUT2D eigenvalue weighted by Gasteiger charge is 2.68. The molecule has 3 saturated carbocycles. The molecule has 2 bridgehead atoms. The van der Waals surface area contributed by atoms with Crippen molar-refractivity contribution in [1.29, 1.82) is 0 Å². The molecule has 3 rings (SSSR count). The first kappa shape index (κ1) is 32.1. The van der Waals surface area contributed by atoms with Gasteiger partial charge in [-0.2, -0.15) is 0 Å². The number of nitrogens with one attached hydrogen (secondary N) is 1. The number of thioether (sulfide) groups is 1. The topological polar surface area (TPSA) is 119 Å². The van der Waals surface area contributed by atoms with Gasteiger partial charge in [0.1, 0.15) is 11.9 Å². The molecule has 0 spiro atoms. The zero-order valence-electron chi connectivity index (χ0n) is 25.3. The number of hydrogen-bond acceptors (Lipinski definition) is 7. The molecular weight excluding hydrogens is 512 g/mol. The zero-order valence-corrected chi connectivity index (χ0v) is 26.2. The van der Waals surface area contributed by atoms with Crippen molar-refractivity contribution in [3.05, 3.63) is 12.7 Å². The van der Waals surface area contributed by atoms with E-state index >= 15 is 0 Å². The van der Waals surface area contributed by atoms with Gasteiger partial charge < -0.3 is 20.9 Å². The van der Waals surface area contributed by atoms with Gasteiger partial charge in [-0.3, -0.25) is 14.4 Å². The van der Waals surface area contributed by atoms with Gasteiger partial charge in [0.15, 0.2) is 0 Å². The lowest BCUT2D eigenvalue weighted by Gasteiger charge is -2.61. The summed E-state index contributed by atoms with van der Waals surface area (Å²) in [4.78, 5) is 39.2. The fourth-order valence-electron chi connectivity index (χ4n) is 7.72. The number of ketones is 1. The minimum absolute atomic E-state index is 0.0382. The average molecular weight is 565 g/mol. The summed E-state index contributed by atoms with van der Waals surface area (Å²) in [7, 11) is 0. The highest BCUT2D eigenvalue weighted by Crippen LogP contribution is 2.68. The molecule has 0 saturated heterocycles. The fraction of sp³-hybridized carbons (Fsp3) is 0.839. The Morgan fingerprint density at radius 3 is 2.51 bits per heavy atom.